The van der Waals surface area contributed by atoms with E-state index in [1.165, 1.54) is 0 Å². The van der Waals surface area contributed by atoms with Crippen LogP contribution in [0.25, 0.3) is 0 Å². The fourth-order valence-corrected chi connectivity index (χ4v) is 0.112. The maximum Gasteiger partial charge on any atom is 3.00 e. The molecule has 38 valence electrons. The van der Waals surface area contributed by atoms with Gasteiger partial charge in [-0.05, 0) is 0 Å². The Morgan fingerprint density at radius 2 is 2.00 bits per heavy atom. The molecule has 0 aliphatic rings. The quantitative estimate of drug-likeness (QED) is 0.621. The number of aliphatic hydroxyl groups excluding tert-OH is 1. The van der Waals surface area contributed by atoms with E-state index in [-0.39, 0.29) is 39.3 Å². The Morgan fingerprint density at radius 3 is 2.00 bits per heavy atom. The average Bonchev–Trinajstić information content (AvgIpc) is 1.65. The Bertz CT molecular complexity index is 27.3. The Morgan fingerprint density at radius 1 is 1.57 bits per heavy atom. The van der Waals surface area contributed by atoms with Crippen LogP contribution >= 0.6 is 0 Å². The Kier molecular flexibility index (Phi) is 11.0. The third kappa shape index (κ3) is 7.06. The van der Waals surface area contributed by atoms with Gasteiger partial charge in [0.25, 0.3) is 0 Å². The summed E-state index contributed by atoms with van der Waals surface area (Å²) in [5.41, 5.74) is 0. The molecule has 0 bridgehead atoms. The van der Waals surface area contributed by atoms with Crippen molar-refractivity contribution in [3.8, 4) is 0 Å². The van der Waals surface area contributed by atoms with Crippen LogP contribution in [0, 0.1) is 5.92 Å². The zero-order valence-electron chi connectivity index (χ0n) is 4.94. The van der Waals surface area contributed by atoms with E-state index in [4.69, 9.17) is 5.11 Å². The molecule has 0 heterocycles. The smallest absolute Gasteiger partial charge is 0.428 e. The molecule has 0 atom stereocenters. The summed E-state index contributed by atoms with van der Waals surface area (Å²) in [6.07, 6.45) is 0.997. The molecule has 0 amide bonds. The van der Waals surface area contributed by atoms with Gasteiger partial charge in [-0.25, -0.2) is 0 Å². The Balaban J connectivity index is 0. The molecule has 0 fully saturated rings. The van der Waals surface area contributed by atoms with Crippen molar-refractivity contribution in [2.24, 2.45) is 0 Å². The van der Waals surface area contributed by atoms with Gasteiger partial charge in [-0.1, -0.05) is 13.5 Å². The van der Waals surface area contributed by atoms with E-state index in [2.05, 4.69) is 0 Å². The molecule has 0 unspecified atom stereocenters. The van der Waals surface area contributed by atoms with Crippen molar-refractivity contribution in [3.63, 3.8) is 0 Å². The Labute approximate surface area is 70.4 Å². The summed E-state index contributed by atoms with van der Waals surface area (Å²) in [5, 5.41) is 8.30. The number of rotatable bonds is 2. The van der Waals surface area contributed by atoms with Gasteiger partial charge in [0.15, 0.2) is 0 Å². The van der Waals surface area contributed by atoms with Gasteiger partial charge in [0.1, 0.15) is 0 Å². The molecule has 1 N–H and O–H groups in total. The molecule has 0 saturated heterocycles. The van der Waals surface area contributed by atoms with E-state index in [0.717, 1.165) is 12.3 Å². The van der Waals surface area contributed by atoms with Gasteiger partial charge >= 0.3 is 32.7 Å². The molecule has 0 saturated carbocycles. The second kappa shape index (κ2) is 7.06. The third-order valence-electron chi connectivity index (χ3n) is 0.873. The van der Waals surface area contributed by atoms with Gasteiger partial charge in [0.05, 0.1) is 0 Å². The SMILES string of the molecule is CC[C-](C)CO.[Y+3]. The van der Waals surface area contributed by atoms with Gasteiger partial charge in [0, 0.05) is 0 Å². The van der Waals surface area contributed by atoms with Gasteiger partial charge in [-0.3, -0.25) is 5.92 Å². The summed E-state index contributed by atoms with van der Waals surface area (Å²) in [6, 6.07) is 0. The predicted octanol–water partition coefficient (Wildman–Crippen LogP) is 0.981. The van der Waals surface area contributed by atoms with Crippen LogP contribution in [0.3, 0.4) is 0 Å². The predicted molar refractivity (Wildman–Crippen MR) is 26.3 cm³/mol. The molecule has 0 radical (unpaired) electrons. The first kappa shape index (κ1) is 10.9. The van der Waals surface area contributed by atoms with Gasteiger partial charge < -0.3 is 5.11 Å². The van der Waals surface area contributed by atoms with Gasteiger partial charge in [-0.15, -0.1) is 0 Å². The van der Waals surface area contributed by atoms with Crippen LogP contribution in [0.5, 0.6) is 0 Å². The second-order valence-corrected chi connectivity index (χ2v) is 1.47. The topological polar surface area (TPSA) is 20.2 Å². The van der Waals surface area contributed by atoms with E-state index in [0.29, 0.717) is 0 Å². The number of aliphatic hydroxyl groups is 1. The van der Waals surface area contributed by atoms with Crippen molar-refractivity contribution in [3.05, 3.63) is 5.92 Å². The van der Waals surface area contributed by atoms with Crippen LogP contribution in [0.1, 0.15) is 20.3 Å². The minimum atomic E-state index is 0. The molecule has 2 heteroatoms. The summed E-state index contributed by atoms with van der Waals surface area (Å²) in [5.74, 6) is 1.15. The molecule has 0 aromatic carbocycles. The van der Waals surface area contributed by atoms with Crippen LogP contribution in [-0.4, -0.2) is 11.7 Å². The summed E-state index contributed by atoms with van der Waals surface area (Å²) in [4.78, 5) is 0. The van der Waals surface area contributed by atoms with E-state index in [1.807, 2.05) is 13.8 Å². The summed E-state index contributed by atoms with van der Waals surface area (Å²) in [6.45, 7) is 4.22. The molecule has 1 nitrogen and oxygen atoms in total. The molecule has 0 aromatic heterocycles. The monoisotopic (exact) mass is 176 g/mol. The first-order valence-corrected chi connectivity index (χ1v) is 2.23. The summed E-state index contributed by atoms with van der Waals surface area (Å²) >= 11 is 0. The zero-order valence-corrected chi connectivity index (χ0v) is 7.78. The maximum absolute atomic E-state index is 8.30. The first-order chi connectivity index (χ1) is 2.81. The average molecular weight is 176 g/mol. The van der Waals surface area contributed by atoms with E-state index in [1.54, 1.807) is 0 Å². The van der Waals surface area contributed by atoms with Crippen molar-refractivity contribution in [2.45, 2.75) is 20.3 Å². The third-order valence-corrected chi connectivity index (χ3v) is 0.873. The number of hydrogen-bond donors (Lipinski definition) is 1. The van der Waals surface area contributed by atoms with Crippen molar-refractivity contribution < 1.29 is 37.8 Å². The van der Waals surface area contributed by atoms with E-state index < -0.39 is 0 Å². The van der Waals surface area contributed by atoms with Crippen LogP contribution in [0.4, 0.5) is 0 Å². The standard InChI is InChI=1S/C5H11O.Y/c1-3-5(2)4-6;/h6H,3-4H2,1-2H3;/q-1;+3. The molecule has 7 heavy (non-hydrogen) atoms. The minimum absolute atomic E-state index is 0. The van der Waals surface area contributed by atoms with Crippen molar-refractivity contribution in [1.82, 2.24) is 0 Å². The normalized spacial score (nSPS) is 8.57. The van der Waals surface area contributed by atoms with Gasteiger partial charge in [0.2, 0.25) is 0 Å². The second-order valence-electron chi connectivity index (χ2n) is 1.47. The van der Waals surface area contributed by atoms with Crippen LogP contribution in [0.2, 0.25) is 0 Å². The van der Waals surface area contributed by atoms with Crippen LogP contribution in [-0.2, 0) is 32.7 Å². The summed E-state index contributed by atoms with van der Waals surface area (Å²) in [7, 11) is 0. The molecule has 0 spiro atoms. The fourth-order valence-electron chi connectivity index (χ4n) is 0.112. The van der Waals surface area contributed by atoms with Gasteiger partial charge in [-0.2, -0.15) is 13.3 Å². The van der Waals surface area contributed by atoms with Crippen LogP contribution < -0.4 is 0 Å². The molecule has 0 aliphatic carbocycles. The molecule has 0 aromatic rings. The largest absolute Gasteiger partial charge is 3.00 e. The molecule has 0 rings (SSSR count). The molecular weight excluding hydrogens is 165 g/mol. The van der Waals surface area contributed by atoms with Crippen molar-refractivity contribution in [2.75, 3.05) is 6.61 Å². The van der Waals surface area contributed by atoms with Crippen molar-refractivity contribution >= 4 is 0 Å². The fraction of sp³-hybridized carbons (Fsp3) is 0.800. The summed E-state index contributed by atoms with van der Waals surface area (Å²) < 4.78 is 0. The maximum atomic E-state index is 8.30. The van der Waals surface area contributed by atoms with E-state index >= 15 is 0 Å². The first-order valence-electron chi connectivity index (χ1n) is 2.23. The Hall–Kier alpha value is 1.06. The molecule has 0 aliphatic heterocycles. The van der Waals surface area contributed by atoms with Crippen LogP contribution in [0.15, 0.2) is 0 Å². The number of hydrogen-bond acceptors (Lipinski definition) is 1. The minimum Gasteiger partial charge on any atom is -0.428 e. The molecular formula is C5H11OY+2. The zero-order chi connectivity index (χ0) is 4.99. The van der Waals surface area contributed by atoms with Crippen molar-refractivity contribution in [1.29, 1.82) is 0 Å². The van der Waals surface area contributed by atoms with E-state index in [9.17, 15) is 0 Å².